The third-order valence-electron chi connectivity index (χ3n) is 10.4. The van der Waals surface area contributed by atoms with E-state index in [-0.39, 0.29) is 46.2 Å². The highest BCUT2D eigenvalue weighted by atomic mass is 28.4. The summed E-state index contributed by atoms with van der Waals surface area (Å²) in [6, 6.07) is 10.7. The molecule has 0 heterocycles. The SMILES string of the molecule is CC(C)OC(=O)CCCC#CC[C@@H]1[C@@H](CC[C@H](CCc2ccccc2)O[Si](C)(C)C(C)(C)C)[C@H](O[Si](C)(C)C(C)(C)C)C[C@@H]1O. The summed E-state index contributed by atoms with van der Waals surface area (Å²) < 4.78 is 19.4. The number of hydrogen-bond donors (Lipinski definition) is 1. The zero-order valence-corrected chi connectivity index (χ0v) is 32.8. The number of rotatable bonds is 15. The van der Waals surface area contributed by atoms with E-state index in [9.17, 15) is 9.90 Å². The van der Waals surface area contributed by atoms with E-state index in [1.807, 2.05) is 13.8 Å². The van der Waals surface area contributed by atoms with Gasteiger partial charge in [-0.25, -0.2) is 0 Å². The second kappa shape index (κ2) is 17.1. The largest absolute Gasteiger partial charge is 0.463 e. The van der Waals surface area contributed by atoms with Gasteiger partial charge in [-0.3, -0.25) is 4.79 Å². The molecule has 5 nitrogen and oxygen atoms in total. The summed E-state index contributed by atoms with van der Waals surface area (Å²) in [5, 5.41) is 11.6. The van der Waals surface area contributed by atoms with Crippen molar-refractivity contribution in [1.82, 2.24) is 0 Å². The summed E-state index contributed by atoms with van der Waals surface area (Å²) in [6.07, 6.45) is 6.64. The molecule has 1 saturated carbocycles. The highest BCUT2D eigenvalue weighted by Gasteiger charge is 2.48. The molecule has 0 bridgehead atoms. The van der Waals surface area contributed by atoms with Gasteiger partial charge in [0.1, 0.15) is 0 Å². The Kier molecular flexibility index (Phi) is 15.1. The molecule has 1 N–H and O–H groups in total. The van der Waals surface area contributed by atoms with Crippen LogP contribution >= 0.6 is 0 Å². The molecule has 1 aromatic carbocycles. The van der Waals surface area contributed by atoms with Gasteiger partial charge in [0.2, 0.25) is 0 Å². The quantitative estimate of drug-likeness (QED) is 0.0880. The van der Waals surface area contributed by atoms with Gasteiger partial charge in [-0.2, -0.15) is 0 Å². The third kappa shape index (κ3) is 12.9. The Hall–Kier alpha value is -1.44. The molecule has 0 saturated heterocycles. The maximum Gasteiger partial charge on any atom is 0.306 e. The van der Waals surface area contributed by atoms with Crippen molar-refractivity contribution in [2.45, 2.75) is 174 Å². The fraction of sp³-hybridized carbons (Fsp3) is 0.763. The van der Waals surface area contributed by atoms with Gasteiger partial charge < -0.3 is 18.7 Å². The first kappa shape index (κ1) is 39.7. The predicted molar refractivity (Wildman–Crippen MR) is 193 cm³/mol. The smallest absolute Gasteiger partial charge is 0.306 e. The van der Waals surface area contributed by atoms with Crippen molar-refractivity contribution in [3.8, 4) is 11.8 Å². The maximum absolute atomic E-state index is 11.9. The average Bonchev–Trinajstić information content (AvgIpc) is 3.19. The number of carbonyl (C=O) groups excluding carboxylic acids is 1. The van der Waals surface area contributed by atoms with Gasteiger partial charge in [0.15, 0.2) is 16.6 Å². The zero-order chi connectivity index (χ0) is 34.1. The molecule has 0 aromatic heterocycles. The molecule has 45 heavy (non-hydrogen) atoms. The number of esters is 1. The number of benzene rings is 1. The van der Waals surface area contributed by atoms with Gasteiger partial charge in [0.25, 0.3) is 0 Å². The summed E-state index contributed by atoms with van der Waals surface area (Å²) in [5.41, 5.74) is 1.35. The summed E-state index contributed by atoms with van der Waals surface area (Å²) in [6.45, 7) is 26.9. The molecule has 1 aromatic rings. The topological polar surface area (TPSA) is 65.0 Å². The van der Waals surface area contributed by atoms with E-state index >= 15 is 0 Å². The molecule has 0 radical (unpaired) electrons. The van der Waals surface area contributed by atoms with Crippen LogP contribution in [-0.4, -0.2) is 52.1 Å². The lowest BCUT2D eigenvalue weighted by atomic mass is 9.86. The predicted octanol–water partition coefficient (Wildman–Crippen LogP) is 9.69. The van der Waals surface area contributed by atoms with Crippen LogP contribution in [0.2, 0.25) is 36.3 Å². The van der Waals surface area contributed by atoms with Crippen molar-refractivity contribution in [1.29, 1.82) is 0 Å². The third-order valence-corrected chi connectivity index (χ3v) is 19.5. The number of ether oxygens (including phenoxy) is 1. The molecule has 1 aliphatic rings. The fourth-order valence-electron chi connectivity index (χ4n) is 5.65. The molecule has 1 fully saturated rings. The van der Waals surface area contributed by atoms with Crippen molar-refractivity contribution in [3.63, 3.8) is 0 Å². The van der Waals surface area contributed by atoms with Crippen LogP contribution in [-0.2, 0) is 24.8 Å². The maximum atomic E-state index is 11.9. The van der Waals surface area contributed by atoms with E-state index in [1.54, 1.807) is 0 Å². The Morgan fingerprint density at radius 1 is 0.933 bits per heavy atom. The summed E-state index contributed by atoms with van der Waals surface area (Å²) >= 11 is 0. The molecule has 7 heteroatoms. The molecule has 0 spiro atoms. The average molecular weight is 659 g/mol. The van der Waals surface area contributed by atoms with Gasteiger partial charge in [-0.05, 0) is 100 Å². The summed E-state index contributed by atoms with van der Waals surface area (Å²) in [7, 11) is -4.01. The molecular formula is C38H66O5Si2. The molecule has 5 atom stereocenters. The molecule has 0 unspecified atom stereocenters. The minimum absolute atomic E-state index is 0.0288. The second-order valence-corrected chi connectivity index (χ2v) is 26.1. The molecular weight excluding hydrogens is 593 g/mol. The molecule has 256 valence electrons. The summed E-state index contributed by atoms with van der Waals surface area (Å²) in [5.74, 6) is 6.79. The van der Waals surface area contributed by atoms with Crippen molar-refractivity contribution >= 4 is 22.6 Å². The van der Waals surface area contributed by atoms with E-state index in [2.05, 4.69) is 110 Å². The van der Waals surface area contributed by atoms with Gasteiger partial charge >= 0.3 is 5.97 Å². The number of unbranched alkanes of at least 4 members (excludes halogenated alkanes) is 1. The van der Waals surface area contributed by atoms with Crippen LogP contribution in [0.5, 0.6) is 0 Å². The van der Waals surface area contributed by atoms with Crippen molar-refractivity contribution in [3.05, 3.63) is 35.9 Å². The summed E-state index contributed by atoms with van der Waals surface area (Å²) in [4.78, 5) is 11.9. The van der Waals surface area contributed by atoms with E-state index in [0.717, 1.165) is 25.7 Å². The molecule has 1 aliphatic carbocycles. The molecule has 0 amide bonds. The van der Waals surface area contributed by atoms with Crippen LogP contribution < -0.4 is 0 Å². The van der Waals surface area contributed by atoms with Gasteiger partial charge in [-0.15, -0.1) is 11.8 Å². The Morgan fingerprint density at radius 2 is 1.56 bits per heavy atom. The van der Waals surface area contributed by atoms with Gasteiger partial charge in [0, 0.05) is 31.3 Å². The Labute approximate surface area is 278 Å². The van der Waals surface area contributed by atoms with Crippen molar-refractivity contribution in [2.24, 2.45) is 11.8 Å². The Bertz CT molecular complexity index is 1090. The van der Waals surface area contributed by atoms with E-state index in [4.69, 9.17) is 13.6 Å². The number of aliphatic hydroxyl groups is 1. The van der Waals surface area contributed by atoms with Crippen LogP contribution in [0, 0.1) is 23.7 Å². The first-order valence-corrected chi connectivity index (χ1v) is 23.3. The molecule has 0 aliphatic heterocycles. The Morgan fingerprint density at radius 3 is 2.13 bits per heavy atom. The first-order valence-electron chi connectivity index (χ1n) is 17.5. The van der Waals surface area contributed by atoms with E-state index in [0.29, 0.717) is 32.1 Å². The monoisotopic (exact) mass is 658 g/mol. The Balaban J connectivity index is 2.22. The highest BCUT2D eigenvalue weighted by Crippen LogP contribution is 2.46. The highest BCUT2D eigenvalue weighted by molar-refractivity contribution is 6.74. The van der Waals surface area contributed by atoms with Gasteiger partial charge in [-0.1, -0.05) is 71.9 Å². The standard InChI is InChI=1S/C38H66O5Si2/c1-29(2)41-36(40)23-19-14-13-18-22-32-33(35(28-34(32)39)43-45(11,12)38(6,7)8)27-26-31(42-44(9,10)37(3,4)5)25-24-30-20-16-15-17-21-30/h15-17,20-21,29,31-35,39H,14,19,22-28H2,1-12H3/t31-,32+,33+,34-,35+/m0/s1. The van der Waals surface area contributed by atoms with Crippen LogP contribution in [0.25, 0.3) is 0 Å². The first-order chi connectivity index (χ1) is 20.7. The lowest BCUT2D eigenvalue weighted by Crippen LogP contribution is -2.45. The van der Waals surface area contributed by atoms with E-state index in [1.165, 1.54) is 5.56 Å². The number of carbonyl (C=O) groups is 1. The van der Waals surface area contributed by atoms with E-state index < -0.39 is 22.7 Å². The minimum Gasteiger partial charge on any atom is -0.463 e. The van der Waals surface area contributed by atoms with Crippen LogP contribution in [0.1, 0.15) is 112 Å². The lowest BCUT2D eigenvalue weighted by Gasteiger charge is -2.41. The zero-order valence-electron chi connectivity index (χ0n) is 30.8. The van der Waals surface area contributed by atoms with Crippen LogP contribution in [0.3, 0.4) is 0 Å². The minimum atomic E-state index is -2.04. The number of hydrogen-bond acceptors (Lipinski definition) is 5. The molecule has 2 rings (SSSR count). The lowest BCUT2D eigenvalue weighted by molar-refractivity contribution is -0.147. The van der Waals surface area contributed by atoms with Crippen LogP contribution in [0.4, 0.5) is 0 Å². The van der Waals surface area contributed by atoms with Crippen molar-refractivity contribution < 1.29 is 23.5 Å². The second-order valence-electron chi connectivity index (χ2n) is 16.6. The van der Waals surface area contributed by atoms with Gasteiger partial charge in [0.05, 0.1) is 18.3 Å². The van der Waals surface area contributed by atoms with Crippen molar-refractivity contribution in [2.75, 3.05) is 0 Å². The van der Waals surface area contributed by atoms with Crippen LogP contribution in [0.15, 0.2) is 30.3 Å². The normalized spacial score (nSPS) is 21.8. The number of aliphatic hydroxyl groups excluding tert-OH is 1. The number of aryl methyl sites for hydroxylation is 1. The fourth-order valence-corrected chi connectivity index (χ4v) is 8.46.